The molecule has 1 amide bonds. The molecule has 10 nitrogen and oxygen atoms in total. The van der Waals surface area contributed by atoms with Crippen LogP contribution >= 0.6 is 0 Å². The minimum absolute atomic E-state index is 0.0122. The molecule has 10 heteroatoms. The molecule has 0 spiro atoms. The van der Waals surface area contributed by atoms with Crippen molar-refractivity contribution in [1.29, 1.82) is 0 Å². The van der Waals surface area contributed by atoms with Gasteiger partial charge in [0.05, 0.1) is 32.8 Å². The van der Waals surface area contributed by atoms with Crippen molar-refractivity contribution in [2.45, 2.75) is 63.9 Å². The van der Waals surface area contributed by atoms with Crippen LogP contribution in [0.2, 0.25) is 0 Å². The number of aromatic nitrogens is 2. The number of aryl methyl sites for hydroxylation is 1. The second kappa shape index (κ2) is 13.3. The molecule has 0 radical (unpaired) electrons. The van der Waals surface area contributed by atoms with Crippen LogP contribution in [0.15, 0.2) is 107 Å². The molecule has 2 aliphatic heterocycles. The minimum Gasteiger partial charge on any atom is -0.374 e. The Morgan fingerprint density at radius 3 is 1.96 bits per heavy atom. The summed E-state index contributed by atoms with van der Waals surface area (Å²) in [5, 5.41) is 0. The van der Waals surface area contributed by atoms with Crippen molar-refractivity contribution in [3.8, 4) is 0 Å². The summed E-state index contributed by atoms with van der Waals surface area (Å²) >= 11 is 0. The molecule has 2 fully saturated rings. The van der Waals surface area contributed by atoms with E-state index in [2.05, 4.69) is 0 Å². The number of amides is 1. The van der Waals surface area contributed by atoms with Crippen molar-refractivity contribution in [1.82, 2.24) is 14.0 Å². The van der Waals surface area contributed by atoms with Gasteiger partial charge in [-0.1, -0.05) is 91.0 Å². The number of piperidine rings is 1. The fourth-order valence-electron chi connectivity index (χ4n) is 6.12. The molecule has 2 bridgehead atoms. The maximum absolute atomic E-state index is 13.9. The molecule has 234 valence electrons. The molecule has 0 unspecified atom stereocenters. The Balaban J connectivity index is 1.32. The number of fused-ring (bicyclic) bond motifs is 2. The number of likely N-dealkylation sites (tertiary alicyclic amines) is 1. The zero-order valence-electron chi connectivity index (χ0n) is 25.4. The van der Waals surface area contributed by atoms with Gasteiger partial charge in [-0.25, -0.2) is 9.36 Å². The lowest BCUT2D eigenvalue weighted by Crippen LogP contribution is -2.60. The summed E-state index contributed by atoms with van der Waals surface area (Å²) in [4.78, 5) is 42.1. The zero-order chi connectivity index (χ0) is 31.4. The van der Waals surface area contributed by atoms with Gasteiger partial charge in [-0.2, -0.15) is 0 Å². The fourth-order valence-corrected chi connectivity index (χ4v) is 6.12. The SMILES string of the molecule is Cc1cn([C@@H]2O[C@@]3(COCc4ccccc4)CC(=O)N(C)[C@@H]2[C@@H]3OCc2ccccc2)c(=O)n(COCc2ccccc2)c1=O. The predicted molar refractivity (Wildman–Crippen MR) is 166 cm³/mol. The van der Waals surface area contributed by atoms with E-state index in [0.29, 0.717) is 12.2 Å². The number of likely N-dealkylation sites (N-methyl/N-ethyl adjacent to an activating group) is 1. The average molecular weight is 612 g/mol. The third-order valence-electron chi connectivity index (χ3n) is 8.47. The molecule has 2 aliphatic rings. The van der Waals surface area contributed by atoms with Crippen molar-refractivity contribution in [3.63, 3.8) is 0 Å². The highest BCUT2D eigenvalue weighted by molar-refractivity contribution is 5.79. The van der Waals surface area contributed by atoms with Gasteiger partial charge in [-0.15, -0.1) is 0 Å². The van der Waals surface area contributed by atoms with Crippen LogP contribution in [0, 0.1) is 6.92 Å². The molecule has 0 aliphatic carbocycles. The molecule has 6 rings (SSSR count). The first kappa shape index (κ1) is 30.7. The van der Waals surface area contributed by atoms with Crippen molar-refractivity contribution >= 4 is 5.91 Å². The van der Waals surface area contributed by atoms with E-state index in [9.17, 15) is 14.4 Å². The fraction of sp³-hybridized carbons (Fsp3) is 0.343. The maximum atomic E-state index is 13.9. The van der Waals surface area contributed by atoms with Crippen LogP contribution < -0.4 is 11.2 Å². The minimum atomic E-state index is -1.17. The summed E-state index contributed by atoms with van der Waals surface area (Å²) in [7, 11) is 1.69. The first-order valence-electron chi connectivity index (χ1n) is 15.0. The van der Waals surface area contributed by atoms with Gasteiger partial charge in [0.15, 0.2) is 6.23 Å². The first-order chi connectivity index (χ1) is 21.9. The lowest BCUT2D eigenvalue weighted by atomic mass is 9.85. The highest BCUT2D eigenvalue weighted by Gasteiger charge is 2.63. The number of carbonyl (C=O) groups excluding carboxylic acids is 1. The average Bonchev–Trinajstić information content (AvgIpc) is 3.31. The van der Waals surface area contributed by atoms with E-state index in [1.165, 1.54) is 10.8 Å². The van der Waals surface area contributed by atoms with E-state index in [1.807, 2.05) is 91.0 Å². The smallest absolute Gasteiger partial charge is 0.335 e. The van der Waals surface area contributed by atoms with Gasteiger partial charge >= 0.3 is 5.69 Å². The molecular formula is C35H37N3O7. The number of nitrogens with zero attached hydrogens (tertiary/aromatic N) is 3. The van der Waals surface area contributed by atoms with Crippen LogP contribution in [0.1, 0.15) is 34.9 Å². The van der Waals surface area contributed by atoms with Crippen molar-refractivity contribution in [2.24, 2.45) is 0 Å². The lowest BCUT2D eigenvalue weighted by molar-refractivity contribution is -0.176. The Morgan fingerprint density at radius 2 is 1.36 bits per heavy atom. The van der Waals surface area contributed by atoms with Crippen molar-refractivity contribution in [3.05, 3.63) is 140 Å². The monoisotopic (exact) mass is 611 g/mol. The normalized spacial score (nSPS) is 22.6. The summed E-state index contributed by atoms with van der Waals surface area (Å²) in [5.41, 5.74) is 0.990. The second-order valence-corrected chi connectivity index (χ2v) is 11.6. The number of benzene rings is 3. The van der Waals surface area contributed by atoms with Gasteiger partial charge in [-0.3, -0.25) is 14.2 Å². The lowest BCUT2D eigenvalue weighted by Gasteiger charge is -2.42. The predicted octanol–water partition coefficient (Wildman–Crippen LogP) is 3.79. The zero-order valence-corrected chi connectivity index (χ0v) is 25.4. The highest BCUT2D eigenvalue weighted by Crippen LogP contribution is 2.47. The second-order valence-electron chi connectivity index (χ2n) is 11.6. The molecular weight excluding hydrogens is 574 g/mol. The van der Waals surface area contributed by atoms with E-state index >= 15 is 0 Å². The number of hydrogen-bond donors (Lipinski definition) is 0. The molecule has 45 heavy (non-hydrogen) atoms. The molecule has 3 aromatic carbocycles. The Hall–Kier alpha value is -4.35. The molecule has 1 aromatic heterocycles. The van der Waals surface area contributed by atoms with Crippen molar-refractivity contribution in [2.75, 3.05) is 13.7 Å². The van der Waals surface area contributed by atoms with Gasteiger partial charge in [0.1, 0.15) is 24.5 Å². The molecule has 0 saturated carbocycles. The van der Waals surface area contributed by atoms with Crippen LogP contribution in [0.3, 0.4) is 0 Å². The summed E-state index contributed by atoms with van der Waals surface area (Å²) in [6, 6.07) is 28.3. The third kappa shape index (κ3) is 6.41. The number of rotatable bonds is 12. The quantitative estimate of drug-likeness (QED) is 0.240. The Morgan fingerprint density at radius 1 is 0.800 bits per heavy atom. The summed E-state index contributed by atoms with van der Waals surface area (Å²) in [5.74, 6) is -0.144. The van der Waals surface area contributed by atoms with E-state index in [0.717, 1.165) is 21.3 Å². The van der Waals surface area contributed by atoms with Gasteiger partial charge in [0, 0.05) is 18.8 Å². The van der Waals surface area contributed by atoms with Gasteiger partial charge in [0.25, 0.3) is 5.56 Å². The van der Waals surface area contributed by atoms with Crippen LogP contribution in [0.4, 0.5) is 0 Å². The standard InChI is InChI=1S/C35H37N3O7/c1-25-19-37(34(41)38(32(25)40)24-43-21-27-14-8-4-9-15-27)33-30-31(44-22-28-16-10-5-11-17-28)35(45-33,18-29(39)36(30)2)23-42-20-26-12-6-3-7-13-26/h3-17,19,30-31,33H,18,20-24H2,1-2H3/t30-,31+,33-,35-/m1/s1. The molecule has 3 heterocycles. The van der Waals surface area contributed by atoms with Gasteiger partial charge < -0.3 is 23.8 Å². The van der Waals surface area contributed by atoms with E-state index in [1.54, 1.807) is 18.9 Å². The van der Waals surface area contributed by atoms with Crippen LogP contribution in [0.25, 0.3) is 0 Å². The van der Waals surface area contributed by atoms with Crippen LogP contribution in [0.5, 0.6) is 0 Å². The highest BCUT2D eigenvalue weighted by atomic mass is 16.6. The molecule has 0 N–H and O–H groups in total. The van der Waals surface area contributed by atoms with Crippen LogP contribution in [-0.4, -0.2) is 51.3 Å². The number of hydrogen-bond acceptors (Lipinski definition) is 7. The van der Waals surface area contributed by atoms with E-state index in [-0.39, 0.29) is 38.9 Å². The molecule has 4 atom stereocenters. The van der Waals surface area contributed by atoms with E-state index in [4.69, 9.17) is 18.9 Å². The summed E-state index contributed by atoms with van der Waals surface area (Å²) in [6.07, 6.45) is -0.0505. The van der Waals surface area contributed by atoms with Crippen LogP contribution in [-0.2, 0) is 50.3 Å². The number of ether oxygens (including phenoxy) is 4. The Labute approximate surface area is 261 Å². The first-order valence-corrected chi connectivity index (χ1v) is 15.0. The summed E-state index contributed by atoms with van der Waals surface area (Å²) in [6.45, 7) is 2.31. The third-order valence-corrected chi connectivity index (χ3v) is 8.47. The number of carbonyl (C=O) groups is 1. The Kier molecular flexibility index (Phi) is 9.09. The van der Waals surface area contributed by atoms with E-state index < -0.39 is 35.2 Å². The molecule has 2 saturated heterocycles. The van der Waals surface area contributed by atoms with Crippen molar-refractivity contribution < 1.29 is 23.7 Å². The molecule has 4 aromatic rings. The summed E-state index contributed by atoms with van der Waals surface area (Å²) < 4.78 is 27.7. The largest absolute Gasteiger partial charge is 0.374 e. The topological polar surface area (TPSA) is 101 Å². The Bertz CT molecular complexity index is 1730. The maximum Gasteiger partial charge on any atom is 0.335 e. The van der Waals surface area contributed by atoms with Gasteiger partial charge in [-0.05, 0) is 23.6 Å². The van der Waals surface area contributed by atoms with Gasteiger partial charge in [0.2, 0.25) is 5.91 Å².